The number of nitrogens with one attached hydrogen (secondary N) is 1. The van der Waals surface area contributed by atoms with Crippen molar-refractivity contribution in [1.29, 1.82) is 0 Å². The highest BCUT2D eigenvalue weighted by Gasteiger charge is 2.42. The normalized spacial score (nSPS) is 26.9. The topological polar surface area (TPSA) is 75.4 Å². The molecule has 1 aliphatic carbocycles. The summed E-state index contributed by atoms with van der Waals surface area (Å²) >= 11 is 0. The number of carbonyl (C=O) groups excluding carboxylic acids is 2. The summed E-state index contributed by atoms with van der Waals surface area (Å²) in [5, 5.41) is 2.40. The fourth-order valence-electron chi connectivity index (χ4n) is 3.60. The Kier molecular flexibility index (Phi) is 3.87. The predicted molar refractivity (Wildman–Crippen MR) is 80.8 cm³/mol. The van der Waals surface area contributed by atoms with Gasteiger partial charge in [0, 0.05) is 31.6 Å². The number of hydrogen-bond acceptors (Lipinski definition) is 3. The van der Waals surface area contributed by atoms with Crippen LogP contribution < -0.4 is 11.1 Å². The first-order valence-electron chi connectivity index (χ1n) is 7.57. The molecule has 22 heavy (non-hydrogen) atoms. The van der Waals surface area contributed by atoms with E-state index in [1.807, 2.05) is 0 Å². The van der Waals surface area contributed by atoms with E-state index in [1.54, 1.807) is 4.90 Å². The van der Waals surface area contributed by atoms with Crippen LogP contribution in [0.25, 0.3) is 0 Å². The lowest BCUT2D eigenvalue weighted by atomic mass is 9.98. The van der Waals surface area contributed by atoms with E-state index in [-0.39, 0.29) is 23.5 Å². The minimum absolute atomic E-state index is 0.0365. The van der Waals surface area contributed by atoms with Crippen LogP contribution in [0.2, 0.25) is 0 Å². The molecule has 0 bridgehead atoms. The van der Waals surface area contributed by atoms with Gasteiger partial charge in [-0.05, 0) is 42.9 Å². The second-order valence-corrected chi connectivity index (χ2v) is 6.25. The van der Waals surface area contributed by atoms with E-state index in [9.17, 15) is 14.0 Å². The van der Waals surface area contributed by atoms with Gasteiger partial charge in [0.25, 0.3) is 5.91 Å². The molecule has 3 atom stereocenters. The summed E-state index contributed by atoms with van der Waals surface area (Å²) in [7, 11) is 0. The SMILES string of the molecule is CC(=O)Nc1cc(C(=O)N2CC3CCC(N)C3C2)ccc1F. The van der Waals surface area contributed by atoms with Gasteiger partial charge in [-0.15, -0.1) is 0 Å². The van der Waals surface area contributed by atoms with E-state index in [0.717, 1.165) is 12.8 Å². The molecule has 2 amide bonds. The smallest absolute Gasteiger partial charge is 0.253 e. The van der Waals surface area contributed by atoms with E-state index in [0.29, 0.717) is 30.5 Å². The molecule has 1 aromatic carbocycles. The van der Waals surface area contributed by atoms with Crippen molar-refractivity contribution in [2.24, 2.45) is 17.6 Å². The zero-order chi connectivity index (χ0) is 15.9. The van der Waals surface area contributed by atoms with E-state index < -0.39 is 5.82 Å². The van der Waals surface area contributed by atoms with Gasteiger partial charge in [0.05, 0.1) is 5.69 Å². The lowest BCUT2D eigenvalue weighted by Crippen LogP contribution is -2.33. The number of carbonyl (C=O) groups is 2. The van der Waals surface area contributed by atoms with Crippen LogP contribution in [0, 0.1) is 17.7 Å². The molecule has 3 unspecified atom stereocenters. The number of likely N-dealkylation sites (tertiary alicyclic amines) is 1. The number of rotatable bonds is 2. The molecule has 0 spiro atoms. The average Bonchev–Trinajstić information content (AvgIpc) is 3.03. The molecule has 2 fully saturated rings. The van der Waals surface area contributed by atoms with Crippen molar-refractivity contribution in [3.63, 3.8) is 0 Å². The lowest BCUT2D eigenvalue weighted by Gasteiger charge is -2.19. The van der Waals surface area contributed by atoms with Gasteiger partial charge in [-0.25, -0.2) is 4.39 Å². The number of nitrogens with two attached hydrogens (primary N) is 1. The number of hydrogen-bond donors (Lipinski definition) is 2. The molecule has 1 aromatic rings. The van der Waals surface area contributed by atoms with Gasteiger partial charge < -0.3 is 16.0 Å². The second kappa shape index (κ2) is 5.68. The minimum atomic E-state index is -0.549. The predicted octanol–water partition coefficient (Wildman–Crippen LogP) is 1.59. The number of benzene rings is 1. The molecule has 1 heterocycles. The highest BCUT2D eigenvalue weighted by molar-refractivity contribution is 5.97. The number of fused-ring (bicyclic) bond motifs is 1. The summed E-state index contributed by atoms with van der Waals surface area (Å²) in [5.41, 5.74) is 6.51. The Morgan fingerprint density at radius 2 is 2.09 bits per heavy atom. The molecule has 3 N–H and O–H groups in total. The van der Waals surface area contributed by atoms with Crippen LogP contribution >= 0.6 is 0 Å². The standard InChI is InChI=1S/C16H20FN3O2/c1-9(21)19-15-6-10(2-4-13(15)17)16(22)20-7-11-3-5-14(18)12(11)8-20/h2,4,6,11-12,14H,3,5,7-8,18H2,1H3,(H,19,21). The molecule has 1 saturated heterocycles. The summed E-state index contributed by atoms with van der Waals surface area (Å²) in [6.45, 7) is 2.68. The van der Waals surface area contributed by atoms with Crippen molar-refractivity contribution in [3.05, 3.63) is 29.6 Å². The third kappa shape index (κ3) is 2.70. The van der Waals surface area contributed by atoms with Crippen LogP contribution in [0.1, 0.15) is 30.1 Å². The maximum Gasteiger partial charge on any atom is 0.253 e. The summed E-state index contributed by atoms with van der Waals surface area (Å²) in [6.07, 6.45) is 2.09. The summed E-state index contributed by atoms with van der Waals surface area (Å²) < 4.78 is 13.7. The largest absolute Gasteiger partial charge is 0.338 e. The van der Waals surface area contributed by atoms with Gasteiger partial charge in [-0.3, -0.25) is 9.59 Å². The third-order valence-corrected chi connectivity index (χ3v) is 4.72. The van der Waals surface area contributed by atoms with Crippen LogP contribution in [0.4, 0.5) is 10.1 Å². The zero-order valence-corrected chi connectivity index (χ0v) is 12.5. The first-order valence-corrected chi connectivity index (χ1v) is 7.57. The van der Waals surface area contributed by atoms with Crippen LogP contribution in [-0.4, -0.2) is 35.8 Å². The Labute approximate surface area is 128 Å². The minimum Gasteiger partial charge on any atom is -0.338 e. The van der Waals surface area contributed by atoms with Crippen molar-refractivity contribution < 1.29 is 14.0 Å². The maximum atomic E-state index is 13.7. The molecule has 0 radical (unpaired) electrons. The zero-order valence-electron chi connectivity index (χ0n) is 12.5. The van der Waals surface area contributed by atoms with Gasteiger partial charge >= 0.3 is 0 Å². The first kappa shape index (κ1) is 15.0. The van der Waals surface area contributed by atoms with E-state index in [4.69, 9.17) is 5.73 Å². The summed E-state index contributed by atoms with van der Waals surface area (Å²) in [6, 6.07) is 4.23. The Morgan fingerprint density at radius 1 is 1.32 bits per heavy atom. The van der Waals surface area contributed by atoms with Crippen molar-refractivity contribution in [2.75, 3.05) is 18.4 Å². The lowest BCUT2D eigenvalue weighted by molar-refractivity contribution is -0.114. The highest BCUT2D eigenvalue weighted by atomic mass is 19.1. The van der Waals surface area contributed by atoms with Crippen molar-refractivity contribution in [3.8, 4) is 0 Å². The van der Waals surface area contributed by atoms with Crippen LogP contribution in [0.5, 0.6) is 0 Å². The van der Waals surface area contributed by atoms with Gasteiger partial charge in [-0.2, -0.15) is 0 Å². The maximum absolute atomic E-state index is 13.7. The molecule has 118 valence electrons. The number of nitrogens with zero attached hydrogens (tertiary/aromatic N) is 1. The van der Waals surface area contributed by atoms with Crippen molar-refractivity contribution >= 4 is 17.5 Å². The monoisotopic (exact) mass is 305 g/mol. The molecular weight excluding hydrogens is 285 g/mol. The molecule has 3 rings (SSSR count). The van der Waals surface area contributed by atoms with Gasteiger partial charge in [0.2, 0.25) is 5.91 Å². The second-order valence-electron chi connectivity index (χ2n) is 6.25. The Morgan fingerprint density at radius 3 is 2.77 bits per heavy atom. The van der Waals surface area contributed by atoms with Gasteiger partial charge in [0.1, 0.15) is 5.82 Å². The molecule has 2 aliphatic rings. The van der Waals surface area contributed by atoms with Crippen LogP contribution in [-0.2, 0) is 4.79 Å². The van der Waals surface area contributed by atoms with Gasteiger partial charge in [-0.1, -0.05) is 0 Å². The van der Waals surface area contributed by atoms with Crippen LogP contribution in [0.3, 0.4) is 0 Å². The number of anilines is 1. The number of halogens is 1. The number of amides is 2. The Bertz CT molecular complexity index is 619. The Hall–Kier alpha value is -1.95. The summed E-state index contributed by atoms with van der Waals surface area (Å²) in [4.78, 5) is 25.5. The first-order chi connectivity index (χ1) is 10.5. The van der Waals surface area contributed by atoms with Gasteiger partial charge in [0.15, 0.2) is 0 Å². The van der Waals surface area contributed by atoms with E-state index in [2.05, 4.69) is 5.32 Å². The molecule has 5 nitrogen and oxygen atoms in total. The summed E-state index contributed by atoms with van der Waals surface area (Å²) in [5.74, 6) is -0.195. The van der Waals surface area contributed by atoms with Crippen molar-refractivity contribution in [2.45, 2.75) is 25.8 Å². The quantitative estimate of drug-likeness (QED) is 0.871. The fourth-order valence-corrected chi connectivity index (χ4v) is 3.60. The highest BCUT2D eigenvalue weighted by Crippen LogP contribution is 2.37. The average molecular weight is 305 g/mol. The molecule has 6 heteroatoms. The fraction of sp³-hybridized carbons (Fsp3) is 0.500. The van der Waals surface area contributed by atoms with E-state index >= 15 is 0 Å². The molecule has 1 saturated carbocycles. The Balaban J connectivity index is 1.77. The molecule has 0 aromatic heterocycles. The molecular formula is C16H20FN3O2. The van der Waals surface area contributed by atoms with Crippen molar-refractivity contribution in [1.82, 2.24) is 4.90 Å². The van der Waals surface area contributed by atoms with E-state index in [1.165, 1.54) is 25.1 Å². The van der Waals surface area contributed by atoms with Crippen LogP contribution in [0.15, 0.2) is 18.2 Å². The third-order valence-electron chi connectivity index (χ3n) is 4.72. The molecule has 1 aliphatic heterocycles.